The molecule has 0 radical (unpaired) electrons. The maximum absolute atomic E-state index is 12.4. The first kappa shape index (κ1) is 30.3. The van der Waals surface area contributed by atoms with Gasteiger partial charge >= 0.3 is 0 Å². The molecule has 1 unspecified atom stereocenters. The summed E-state index contributed by atoms with van der Waals surface area (Å²) in [4.78, 5) is 34.2. The van der Waals surface area contributed by atoms with E-state index in [1.165, 1.54) is 10.6 Å². The van der Waals surface area contributed by atoms with Crippen molar-refractivity contribution in [3.8, 4) is 0 Å². The zero-order chi connectivity index (χ0) is 27.1. The van der Waals surface area contributed by atoms with Gasteiger partial charge in [0.1, 0.15) is 12.2 Å². The van der Waals surface area contributed by atoms with Crippen molar-refractivity contribution in [3.05, 3.63) is 77.1 Å². The van der Waals surface area contributed by atoms with Gasteiger partial charge < -0.3 is 21.4 Å². The minimum atomic E-state index is -0.963. The molecule has 0 aliphatic carbocycles. The van der Waals surface area contributed by atoms with Crippen LogP contribution >= 0.6 is 0 Å². The van der Waals surface area contributed by atoms with Crippen LogP contribution in [0.4, 0.5) is 5.69 Å². The normalized spacial score (nSPS) is 11.7. The molecule has 0 saturated heterocycles. The summed E-state index contributed by atoms with van der Waals surface area (Å²) in [6.45, 7) is 6.78. The second-order valence-corrected chi connectivity index (χ2v) is 8.78. The van der Waals surface area contributed by atoms with Gasteiger partial charge in [-0.15, -0.1) is 0 Å². The fourth-order valence-corrected chi connectivity index (χ4v) is 3.17. The molecule has 0 spiro atoms. The lowest BCUT2D eigenvalue weighted by Crippen LogP contribution is -2.37. The first-order chi connectivity index (χ1) is 17.1. The molecule has 0 aromatic heterocycles. The summed E-state index contributed by atoms with van der Waals surface area (Å²) in [6.07, 6.45) is 2.83. The van der Waals surface area contributed by atoms with Crippen molar-refractivity contribution in [2.24, 2.45) is 23.4 Å². The second kappa shape index (κ2) is 16.0. The van der Waals surface area contributed by atoms with Crippen LogP contribution in [0.25, 0.3) is 0 Å². The number of anilines is 1. The van der Waals surface area contributed by atoms with E-state index in [9.17, 15) is 14.4 Å². The predicted octanol–water partition coefficient (Wildman–Crippen LogP) is 2.30. The molecule has 0 saturated carbocycles. The Morgan fingerprint density at radius 1 is 1.06 bits per heavy atom. The van der Waals surface area contributed by atoms with Gasteiger partial charge in [-0.3, -0.25) is 19.6 Å². The lowest BCUT2D eigenvalue weighted by atomic mass is 9.95. The van der Waals surface area contributed by atoms with E-state index in [-0.39, 0.29) is 5.92 Å². The Kier molecular flexibility index (Phi) is 13.5. The van der Waals surface area contributed by atoms with E-state index in [0.29, 0.717) is 30.9 Å². The van der Waals surface area contributed by atoms with Gasteiger partial charge in [0.2, 0.25) is 5.91 Å². The summed E-state index contributed by atoms with van der Waals surface area (Å²) in [6, 6.07) is 14.6. The maximum atomic E-state index is 12.4. The first-order valence-electron chi connectivity index (χ1n) is 11.6. The van der Waals surface area contributed by atoms with E-state index in [1.807, 2.05) is 57.2 Å². The maximum Gasteiger partial charge on any atom is 0.255 e. The molecule has 2 rings (SSSR count). The van der Waals surface area contributed by atoms with Crippen molar-refractivity contribution in [2.45, 2.75) is 33.7 Å². The number of aryl methyl sites for hydroxylation is 1. The Morgan fingerprint density at radius 2 is 1.67 bits per heavy atom. The van der Waals surface area contributed by atoms with Crippen molar-refractivity contribution < 1.29 is 19.6 Å². The lowest BCUT2D eigenvalue weighted by molar-refractivity contribution is -0.139. The van der Waals surface area contributed by atoms with Gasteiger partial charge in [0.05, 0.1) is 6.54 Å². The monoisotopic (exact) mass is 498 g/mol. The number of rotatable bonds is 11. The van der Waals surface area contributed by atoms with Crippen LogP contribution in [-0.4, -0.2) is 41.9 Å². The zero-order valence-electron chi connectivity index (χ0n) is 21.3. The van der Waals surface area contributed by atoms with Crippen molar-refractivity contribution in [1.29, 1.82) is 0 Å². The summed E-state index contributed by atoms with van der Waals surface area (Å²) >= 11 is 0. The standard InChI is InChI=1S/C18H30N6O3.C8H8O/c1-12(2)8-16(18(26)23-27)17(25)22-15-6-4-13(5-7-15)10-24(20)11-14(19)9-21-3;1-7-2-4-8(6-9)5-3-7/h4-7,11-12,16,21,27H,8-10,19-20H2,1-3H3,(H,22,25)(H,23,26);2-6H,1H3/b14-11-;. The number of hydroxylamine groups is 1. The molecule has 10 nitrogen and oxygen atoms in total. The fourth-order valence-electron chi connectivity index (χ4n) is 3.17. The van der Waals surface area contributed by atoms with Crippen LogP contribution in [-0.2, 0) is 16.1 Å². The smallest absolute Gasteiger partial charge is 0.255 e. The first-order valence-corrected chi connectivity index (χ1v) is 11.6. The van der Waals surface area contributed by atoms with Gasteiger partial charge in [-0.2, -0.15) is 0 Å². The molecule has 0 aliphatic heterocycles. The van der Waals surface area contributed by atoms with Crippen molar-refractivity contribution >= 4 is 23.8 Å². The molecule has 0 fully saturated rings. The number of nitrogens with one attached hydrogen (secondary N) is 3. The number of nitrogens with zero attached hydrogens (tertiary/aromatic N) is 1. The van der Waals surface area contributed by atoms with Gasteiger partial charge in [-0.1, -0.05) is 55.8 Å². The third kappa shape index (κ3) is 11.6. The molecule has 2 aromatic carbocycles. The van der Waals surface area contributed by atoms with Crippen molar-refractivity contribution in [1.82, 2.24) is 15.8 Å². The molecule has 2 amide bonds. The summed E-state index contributed by atoms with van der Waals surface area (Å²) in [5.41, 5.74) is 11.4. The Hall–Kier alpha value is -3.73. The number of hydrogen-bond donors (Lipinski definition) is 6. The molecule has 36 heavy (non-hydrogen) atoms. The van der Waals surface area contributed by atoms with Crippen molar-refractivity contribution in [2.75, 3.05) is 18.9 Å². The Bertz CT molecular complexity index is 990. The molecule has 0 aliphatic rings. The molecule has 8 N–H and O–H groups in total. The molecule has 10 heteroatoms. The number of hydrogen-bond acceptors (Lipinski definition) is 8. The number of aldehydes is 1. The highest BCUT2D eigenvalue weighted by atomic mass is 16.5. The lowest BCUT2D eigenvalue weighted by Gasteiger charge is -2.17. The van der Waals surface area contributed by atoms with Crippen molar-refractivity contribution in [3.63, 3.8) is 0 Å². The molecule has 196 valence electrons. The van der Waals surface area contributed by atoms with Crippen LogP contribution in [0.15, 0.2) is 60.4 Å². The highest BCUT2D eigenvalue weighted by Crippen LogP contribution is 2.17. The van der Waals surface area contributed by atoms with E-state index >= 15 is 0 Å². The largest absolute Gasteiger partial charge is 0.400 e. The summed E-state index contributed by atoms with van der Waals surface area (Å²) in [7, 11) is 1.80. The molecular formula is C26H38N6O4. The second-order valence-electron chi connectivity index (χ2n) is 8.78. The van der Waals surface area contributed by atoms with Gasteiger partial charge in [0.25, 0.3) is 5.91 Å². The van der Waals surface area contributed by atoms with Gasteiger partial charge in [-0.25, -0.2) is 11.3 Å². The Morgan fingerprint density at radius 3 is 2.17 bits per heavy atom. The number of carbonyl (C=O) groups excluding carboxylic acids is 3. The number of hydrazine groups is 1. The van der Waals surface area contributed by atoms with E-state index < -0.39 is 17.7 Å². The third-order valence-corrected chi connectivity index (χ3v) is 4.96. The molecule has 2 aromatic rings. The Balaban J connectivity index is 0.000000600. The van der Waals surface area contributed by atoms with Gasteiger partial charge in [0.15, 0.2) is 0 Å². The SMILES string of the molecule is CNC/C(N)=C/N(N)Cc1ccc(NC(=O)C(CC(C)C)C(=O)NO)cc1.Cc1ccc(C=O)cc1. The number of nitrogens with two attached hydrogens (primary N) is 2. The third-order valence-electron chi connectivity index (χ3n) is 4.96. The van der Waals surface area contributed by atoms with Crippen LogP contribution in [0.2, 0.25) is 0 Å². The fraction of sp³-hybridized carbons (Fsp3) is 0.346. The van der Waals surface area contributed by atoms with E-state index in [0.717, 1.165) is 17.4 Å². The topological polar surface area (TPSA) is 163 Å². The molecule has 1 atom stereocenters. The number of carbonyl (C=O) groups is 3. The van der Waals surface area contributed by atoms with E-state index in [1.54, 1.807) is 30.9 Å². The number of likely N-dealkylation sites (N-methyl/N-ethyl adjacent to an activating group) is 1. The predicted molar refractivity (Wildman–Crippen MR) is 140 cm³/mol. The van der Waals surface area contributed by atoms with Gasteiger partial charge in [-0.05, 0) is 44.0 Å². The minimum absolute atomic E-state index is 0.124. The van der Waals surface area contributed by atoms with Crippen LogP contribution < -0.4 is 27.7 Å². The quantitative estimate of drug-likeness (QED) is 0.0903. The average molecular weight is 499 g/mol. The highest BCUT2D eigenvalue weighted by molar-refractivity contribution is 6.06. The summed E-state index contributed by atoms with van der Waals surface area (Å²) in [5, 5.41) is 15.9. The van der Waals surface area contributed by atoms with E-state index in [2.05, 4.69) is 10.6 Å². The summed E-state index contributed by atoms with van der Waals surface area (Å²) in [5.74, 6) is 3.88. The van der Waals surface area contributed by atoms with Crippen LogP contribution in [0.5, 0.6) is 0 Å². The molecule has 0 bridgehead atoms. The van der Waals surface area contributed by atoms with Crippen LogP contribution in [0.1, 0.15) is 41.8 Å². The molecular weight excluding hydrogens is 460 g/mol. The Labute approximate surface area is 212 Å². The minimum Gasteiger partial charge on any atom is -0.400 e. The zero-order valence-corrected chi connectivity index (χ0v) is 21.3. The van der Waals surface area contributed by atoms with E-state index in [4.69, 9.17) is 16.8 Å². The summed E-state index contributed by atoms with van der Waals surface area (Å²) < 4.78 is 0. The van der Waals surface area contributed by atoms with Gasteiger partial charge in [0, 0.05) is 29.7 Å². The number of amides is 2. The highest BCUT2D eigenvalue weighted by Gasteiger charge is 2.27. The van der Waals surface area contributed by atoms with Crippen LogP contribution in [0.3, 0.4) is 0 Å². The average Bonchev–Trinajstić information content (AvgIpc) is 2.84. The molecule has 0 heterocycles. The number of benzene rings is 2. The van der Waals surface area contributed by atoms with Crippen LogP contribution in [0, 0.1) is 18.8 Å².